The third-order valence-electron chi connectivity index (χ3n) is 2.40. The van der Waals surface area contributed by atoms with Crippen LogP contribution in [-0.2, 0) is 16.0 Å². The van der Waals surface area contributed by atoms with E-state index in [-0.39, 0.29) is 18.0 Å². The number of carbonyl (C=O) groups is 2. The zero-order chi connectivity index (χ0) is 12.8. The van der Waals surface area contributed by atoms with E-state index in [0.29, 0.717) is 24.0 Å². The zero-order valence-electron chi connectivity index (χ0n) is 9.82. The van der Waals surface area contributed by atoms with E-state index in [1.165, 1.54) is 0 Å². The smallest absolute Gasteiger partial charge is 0.310 e. The molecule has 1 aromatic rings. The lowest BCUT2D eigenvalue weighted by Crippen LogP contribution is -2.09. The quantitative estimate of drug-likeness (QED) is 0.585. The normalized spacial score (nSPS) is 9.47. The molecule has 0 heterocycles. The standard InChI is InChI=1S/C13H13NO3/c1-3-17-13(16)6-10-5-11(7-14)12(8-15)4-9(10)2/h4-5,8H,3,6H2,1-2H3. The summed E-state index contributed by atoms with van der Waals surface area (Å²) in [5.74, 6) is -0.335. The van der Waals surface area contributed by atoms with Gasteiger partial charge in [-0.05, 0) is 37.1 Å². The van der Waals surface area contributed by atoms with E-state index >= 15 is 0 Å². The molecule has 0 radical (unpaired) electrons. The number of nitriles is 1. The monoisotopic (exact) mass is 231 g/mol. The molecule has 1 aromatic carbocycles. The average molecular weight is 231 g/mol. The van der Waals surface area contributed by atoms with Crippen molar-refractivity contribution in [2.45, 2.75) is 20.3 Å². The Morgan fingerprint density at radius 2 is 2.24 bits per heavy atom. The SMILES string of the molecule is CCOC(=O)Cc1cc(C#N)c(C=O)cc1C. The van der Waals surface area contributed by atoms with Gasteiger partial charge in [0.25, 0.3) is 0 Å². The number of carbonyl (C=O) groups excluding carboxylic acids is 2. The fourth-order valence-electron chi connectivity index (χ4n) is 1.53. The third kappa shape index (κ3) is 3.15. The van der Waals surface area contributed by atoms with E-state index in [1.807, 2.05) is 6.07 Å². The second-order valence-electron chi connectivity index (χ2n) is 3.58. The Kier molecular flexibility index (Phi) is 4.41. The van der Waals surface area contributed by atoms with Crippen LogP contribution in [0.4, 0.5) is 0 Å². The number of hydrogen-bond donors (Lipinski definition) is 0. The molecule has 0 aliphatic rings. The van der Waals surface area contributed by atoms with Crippen molar-refractivity contribution < 1.29 is 14.3 Å². The van der Waals surface area contributed by atoms with Crippen molar-refractivity contribution in [3.05, 3.63) is 34.4 Å². The van der Waals surface area contributed by atoms with E-state index in [1.54, 1.807) is 26.0 Å². The summed E-state index contributed by atoms with van der Waals surface area (Å²) < 4.78 is 4.84. The fraction of sp³-hybridized carbons (Fsp3) is 0.308. The number of esters is 1. The molecule has 0 spiro atoms. The molecule has 0 N–H and O–H groups in total. The van der Waals surface area contributed by atoms with Gasteiger partial charge in [-0.25, -0.2) is 0 Å². The molecular weight excluding hydrogens is 218 g/mol. The van der Waals surface area contributed by atoms with Crippen LogP contribution in [0.15, 0.2) is 12.1 Å². The van der Waals surface area contributed by atoms with Gasteiger partial charge in [-0.15, -0.1) is 0 Å². The second kappa shape index (κ2) is 5.80. The van der Waals surface area contributed by atoms with Crippen LogP contribution in [0.3, 0.4) is 0 Å². The summed E-state index contributed by atoms with van der Waals surface area (Å²) in [7, 11) is 0. The van der Waals surface area contributed by atoms with Gasteiger partial charge in [0.05, 0.1) is 24.7 Å². The molecule has 0 atom stereocenters. The second-order valence-corrected chi connectivity index (χ2v) is 3.58. The third-order valence-corrected chi connectivity index (χ3v) is 2.40. The highest BCUT2D eigenvalue weighted by atomic mass is 16.5. The summed E-state index contributed by atoms with van der Waals surface area (Å²) in [6, 6.07) is 5.11. The summed E-state index contributed by atoms with van der Waals surface area (Å²) >= 11 is 0. The summed E-state index contributed by atoms with van der Waals surface area (Å²) in [6.07, 6.45) is 0.757. The highest BCUT2D eigenvalue weighted by Crippen LogP contribution is 2.16. The predicted octanol–water partition coefficient (Wildman–Crippen LogP) is 1.78. The maximum Gasteiger partial charge on any atom is 0.310 e. The Labute approximate surface area is 99.8 Å². The molecule has 88 valence electrons. The van der Waals surface area contributed by atoms with Gasteiger partial charge < -0.3 is 4.74 Å². The largest absolute Gasteiger partial charge is 0.466 e. The van der Waals surface area contributed by atoms with Crippen molar-refractivity contribution in [3.63, 3.8) is 0 Å². The molecule has 0 saturated heterocycles. The van der Waals surface area contributed by atoms with Crippen LogP contribution in [0.2, 0.25) is 0 Å². The maximum atomic E-state index is 11.3. The van der Waals surface area contributed by atoms with Gasteiger partial charge in [-0.2, -0.15) is 5.26 Å². The van der Waals surface area contributed by atoms with Gasteiger partial charge in [-0.1, -0.05) is 0 Å². The molecule has 0 fully saturated rings. The lowest BCUT2D eigenvalue weighted by atomic mass is 9.98. The first-order valence-corrected chi connectivity index (χ1v) is 5.26. The van der Waals surface area contributed by atoms with Gasteiger partial charge in [0.1, 0.15) is 0 Å². The highest BCUT2D eigenvalue weighted by molar-refractivity contribution is 5.81. The Morgan fingerprint density at radius 1 is 1.53 bits per heavy atom. The molecular formula is C13H13NO3. The molecule has 4 nitrogen and oxygen atoms in total. The minimum absolute atomic E-state index is 0.119. The molecule has 0 aliphatic carbocycles. The van der Waals surface area contributed by atoms with Crippen molar-refractivity contribution >= 4 is 12.3 Å². The minimum Gasteiger partial charge on any atom is -0.466 e. The first-order valence-electron chi connectivity index (χ1n) is 5.26. The van der Waals surface area contributed by atoms with E-state index < -0.39 is 0 Å². The molecule has 4 heteroatoms. The van der Waals surface area contributed by atoms with Crippen molar-refractivity contribution in [1.82, 2.24) is 0 Å². The van der Waals surface area contributed by atoms with E-state index in [4.69, 9.17) is 10.00 Å². The molecule has 0 amide bonds. The predicted molar refractivity (Wildman–Crippen MR) is 61.6 cm³/mol. The minimum atomic E-state index is -0.335. The summed E-state index contributed by atoms with van der Waals surface area (Å²) in [4.78, 5) is 22.1. The molecule has 1 rings (SSSR count). The number of hydrogen-bond acceptors (Lipinski definition) is 4. The van der Waals surface area contributed by atoms with Crippen molar-refractivity contribution in [2.24, 2.45) is 0 Å². The topological polar surface area (TPSA) is 67.2 Å². The number of nitrogens with zero attached hydrogens (tertiary/aromatic N) is 1. The van der Waals surface area contributed by atoms with Gasteiger partial charge in [0.15, 0.2) is 6.29 Å². The van der Waals surface area contributed by atoms with Gasteiger partial charge in [-0.3, -0.25) is 9.59 Å². The number of benzene rings is 1. The Morgan fingerprint density at radius 3 is 2.76 bits per heavy atom. The highest BCUT2D eigenvalue weighted by Gasteiger charge is 2.10. The fourth-order valence-corrected chi connectivity index (χ4v) is 1.53. The molecule has 17 heavy (non-hydrogen) atoms. The number of rotatable bonds is 4. The van der Waals surface area contributed by atoms with Crippen LogP contribution in [0, 0.1) is 18.3 Å². The van der Waals surface area contributed by atoms with Crippen LogP contribution in [-0.4, -0.2) is 18.9 Å². The van der Waals surface area contributed by atoms with Crippen LogP contribution < -0.4 is 0 Å². The Hall–Kier alpha value is -2.15. The Balaban J connectivity index is 3.05. The summed E-state index contributed by atoms with van der Waals surface area (Å²) in [5.41, 5.74) is 2.15. The average Bonchev–Trinajstić information content (AvgIpc) is 2.31. The van der Waals surface area contributed by atoms with Gasteiger partial charge >= 0.3 is 5.97 Å². The van der Waals surface area contributed by atoms with Crippen LogP contribution >= 0.6 is 0 Å². The lowest BCUT2D eigenvalue weighted by Gasteiger charge is -2.07. The summed E-state index contributed by atoms with van der Waals surface area (Å²) in [5, 5.41) is 8.88. The number of ether oxygens (including phenoxy) is 1. The van der Waals surface area contributed by atoms with E-state index in [0.717, 1.165) is 5.56 Å². The van der Waals surface area contributed by atoms with Crippen molar-refractivity contribution in [3.8, 4) is 6.07 Å². The van der Waals surface area contributed by atoms with Gasteiger partial charge in [0.2, 0.25) is 0 Å². The first kappa shape index (κ1) is 12.9. The first-order chi connectivity index (χ1) is 8.12. The number of aldehydes is 1. The number of aryl methyl sites for hydroxylation is 1. The van der Waals surface area contributed by atoms with Crippen LogP contribution in [0.5, 0.6) is 0 Å². The van der Waals surface area contributed by atoms with Crippen molar-refractivity contribution in [2.75, 3.05) is 6.61 Å². The van der Waals surface area contributed by atoms with Crippen LogP contribution in [0.25, 0.3) is 0 Å². The molecule has 0 unspecified atom stereocenters. The van der Waals surface area contributed by atoms with Crippen LogP contribution in [0.1, 0.15) is 34.0 Å². The molecule has 0 aliphatic heterocycles. The molecule has 0 bridgehead atoms. The summed E-state index contributed by atoms with van der Waals surface area (Å²) in [6.45, 7) is 3.86. The molecule has 0 saturated carbocycles. The maximum absolute atomic E-state index is 11.3. The zero-order valence-corrected chi connectivity index (χ0v) is 9.82. The molecule has 0 aromatic heterocycles. The van der Waals surface area contributed by atoms with Gasteiger partial charge in [0, 0.05) is 5.56 Å². The van der Waals surface area contributed by atoms with E-state index in [9.17, 15) is 9.59 Å². The van der Waals surface area contributed by atoms with E-state index in [2.05, 4.69) is 0 Å². The lowest BCUT2D eigenvalue weighted by molar-refractivity contribution is -0.142. The Bertz CT molecular complexity index is 486. The van der Waals surface area contributed by atoms with Crippen molar-refractivity contribution in [1.29, 1.82) is 5.26 Å².